The summed E-state index contributed by atoms with van der Waals surface area (Å²) in [5.74, 6) is 1.46. The van der Waals surface area contributed by atoms with Gasteiger partial charge < -0.3 is 14.8 Å². The number of aryl methyl sites for hydroxylation is 2. The van der Waals surface area contributed by atoms with E-state index in [2.05, 4.69) is 9.88 Å². The van der Waals surface area contributed by atoms with Crippen molar-refractivity contribution in [3.8, 4) is 5.75 Å². The first kappa shape index (κ1) is 21.6. The smallest absolute Gasteiger partial charge is 0.259 e. The van der Waals surface area contributed by atoms with Crippen LogP contribution in [0.3, 0.4) is 0 Å². The van der Waals surface area contributed by atoms with Crippen molar-refractivity contribution >= 4 is 21.6 Å². The highest BCUT2D eigenvalue weighted by Crippen LogP contribution is 2.34. The van der Waals surface area contributed by atoms with E-state index in [9.17, 15) is 9.90 Å². The van der Waals surface area contributed by atoms with Crippen LogP contribution in [0.4, 0.5) is 0 Å². The van der Waals surface area contributed by atoms with E-state index in [-0.39, 0.29) is 12.2 Å². The van der Waals surface area contributed by atoms with E-state index in [0.29, 0.717) is 25.0 Å². The van der Waals surface area contributed by atoms with Gasteiger partial charge in [0, 0.05) is 17.5 Å². The van der Waals surface area contributed by atoms with E-state index >= 15 is 0 Å². The summed E-state index contributed by atoms with van der Waals surface area (Å²) in [5, 5.41) is 11.5. The van der Waals surface area contributed by atoms with Crippen LogP contribution in [0, 0.1) is 0 Å². The molecule has 170 valence electrons. The van der Waals surface area contributed by atoms with Crippen molar-refractivity contribution in [2.24, 2.45) is 0 Å². The van der Waals surface area contributed by atoms with Crippen molar-refractivity contribution in [2.75, 3.05) is 13.2 Å². The number of H-pyrrole nitrogens is 1. The molecule has 3 aromatic rings. The van der Waals surface area contributed by atoms with Gasteiger partial charge in [-0.25, -0.2) is 4.98 Å². The first-order chi connectivity index (χ1) is 15.7. The number of aromatic amines is 1. The number of thiophene rings is 1. The third-order valence-corrected chi connectivity index (χ3v) is 7.88. The maximum absolute atomic E-state index is 12.9. The molecule has 0 radical (unpaired) electrons. The molecule has 0 amide bonds. The Hall–Kier alpha value is -2.22. The van der Waals surface area contributed by atoms with E-state index in [0.717, 1.165) is 48.1 Å². The summed E-state index contributed by atoms with van der Waals surface area (Å²) in [5.41, 5.74) is 1.20. The summed E-state index contributed by atoms with van der Waals surface area (Å²) in [4.78, 5) is 25.3. The number of ether oxygens (including phenoxy) is 1. The molecular weight excluding hydrogens is 422 g/mol. The lowest BCUT2D eigenvalue weighted by atomic mass is 9.94. The predicted molar refractivity (Wildman–Crippen MR) is 127 cm³/mol. The fourth-order valence-electron chi connectivity index (χ4n) is 5.14. The van der Waals surface area contributed by atoms with Gasteiger partial charge in [0.2, 0.25) is 0 Å². The molecule has 2 aliphatic carbocycles. The lowest BCUT2D eigenvalue weighted by Gasteiger charge is -2.35. The van der Waals surface area contributed by atoms with Gasteiger partial charge in [-0.1, -0.05) is 37.5 Å². The number of nitrogens with one attached hydrogen (secondary N) is 1. The Bertz CT molecular complexity index is 1100. The van der Waals surface area contributed by atoms with Crippen molar-refractivity contribution in [3.63, 3.8) is 0 Å². The fraction of sp³-hybridized carbons (Fsp3) is 0.520. The van der Waals surface area contributed by atoms with Crippen LogP contribution in [0.25, 0.3) is 10.2 Å². The SMILES string of the molecule is O=c1[nH]c(CN(CC(O)COc2ccccc2)C2CCCCC2)nc2sc3c(c12)CCC3. The molecule has 2 aromatic heterocycles. The number of benzene rings is 1. The van der Waals surface area contributed by atoms with Gasteiger partial charge in [0.1, 0.15) is 29.1 Å². The highest BCUT2D eigenvalue weighted by Gasteiger charge is 2.26. The highest BCUT2D eigenvalue weighted by molar-refractivity contribution is 7.18. The molecule has 6 nitrogen and oxygen atoms in total. The minimum Gasteiger partial charge on any atom is -0.491 e. The Morgan fingerprint density at radius 1 is 1.16 bits per heavy atom. The molecule has 1 fully saturated rings. The zero-order chi connectivity index (χ0) is 21.9. The molecule has 1 saturated carbocycles. The summed E-state index contributed by atoms with van der Waals surface area (Å²) in [6.45, 7) is 1.29. The number of para-hydroxylation sites is 1. The molecule has 0 spiro atoms. The normalized spacial score (nSPS) is 17.7. The van der Waals surface area contributed by atoms with Crippen molar-refractivity contribution < 1.29 is 9.84 Å². The predicted octanol–water partition coefficient (Wildman–Crippen LogP) is 4.05. The second-order valence-corrected chi connectivity index (χ2v) is 10.1. The fourth-order valence-corrected chi connectivity index (χ4v) is 6.42. The topological polar surface area (TPSA) is 78.5 Å². The number of hydrogen-bond donors (Lipinski definition) is 2. The standard InChI is InChI=1S/C25H31N3O3S/c29-18(16-31-19-10-5-2-6-11-19)14-28(17-8-3-1-4-9-17)15-22-26-24(30)23-20-12-7-13-21(20)32-25(23)27-22/h2,5-6,10-11,17-18,29H,1,3-4,7-9,12-16H2,(H,26,27,30). The number of hydrogen-bond acceptors (Lipinski definition) is 6. The van der Waals surface area contributed by atoms with E-state index in [1.807, 2.05) is 30.3 Å². The lowest BCUT2D eigenvalue weighted by molar-refractivity contribution is 0.0387. The molecule has 2 aliphatic rings. The second-order valence-electron chi connectivity index (χ2n) is 9.05. The Morgan fingerprint density at radius 3 is 2.78 bits per heavy atom. The van der Waals surface area contributed by atoms with E-state index in [4.69, 9.17) is 9.72 Å². The second kappa shape index (κ2) is 9.73. The van der Waals surface area contributed by atoms with Crippen LogP contribution in [0.5, 0.6) is 5.75 Å². The number of nitrogens with zero attached hydrogens (tertiary/aromatic N) is 2. The van der Waals surface area contributed by atoms with Gasteiger partial charge in [-0.2, -0.15) is 0 Å². The molecule has 1 aromatic carbocycles. The van der Waals surface area contributed by atoms with Gasteiger partial charge in [-0.3, -0.25) is 9.69 Å². The van der Waals surface area contributed by atoms with Crippen LogP contribution >= 0.6 is 11.3 Å². The summed E-state index contributed by atoms with van der Waals surface area (Å²) < 4.78 is 5.77. The first-order valence-electron chi connectivity index (χ1n) is 11.8. The lowest BCUT2D eigenvalue weighted by Crippen LogP contribution is -2.43. The third kappa shape index (κ3) is 4.75. The Kier molecular flexibility index (Phi) is 6.57. The van der Waals surface area contributed by atoms with Crippen LogP contribution in [0.2, 0.25) is 0 Å². The summed E-state index contributed by atoms with van der Waals surface area (Å²) >= 11 is 1.68. The van der Waals surface area contributed by atoms with E-state index in [1.54, 1.807) is 11.3 Å². The zero-order valence-electron chi connectivity index (χ0n) is 18.4. The third-order valence-electron chi connectivity index (χ3n) is 6.70. The van der Waals surface area contributed by atoms with Gasteiger partial charge in [0.05, 0.1) is 11.9 Å². The maximum Gasteiger partial charge on any atom is 0.259 e. The van der Waals surface area contributed by atoms with Crippen molar-refractivity contribution in [2.45, 2.75) is 70.1 Å². The zero-order valence-corrected chi connectivity index (χ0v) is 19.2. The molecule has 1 atom stereocenters. The average Bonchev–Trinajstić information content (AvgIpc) is 3.39. The largest absolute Gasteiger partial charge is 0.491 e. The molecule has 0 bridgehead atoms. The minimum atomic E-state index is -0.613. The van der Waals surface area contributed by atoms with Gasteiger partial charge in [-0.15, -0.1) is 11.3 Å². The van der Waals surface area contributed by atoms with Crippen LogP contribution in [-0.2, 0) is 19.4 Å². The van der Waals surface area contributed by atoms with Crippen molar-refractivity contribution in [1.29, 1.82) is 0 Å². The highest BCUT2D eigenvalue weighted by atomic mass is 32.1. The average molecular weight is 454 g/mol. The monoisotopic (exact) mass is 453 g/mol. The van der Waals surface area contributed by atoms with Gasteiger partial charge in [0.25, 0.3) is 5.56 Å². The molecule has 7 heteroatoms. The Morgan fingerprint density at radius 2 is 1.97 bits per heavy atom. The summed E-state index contributed by atoms with van der Waals surface area (Å²) in [6, 6.07) is 9.98. The molecule has 1 unspecified atom stereocenters. The summed E-state index contributed by atoms with van der Waals surface area (Å²) in [7, 11) is 0. The molecule has 0 saturated heterocycles. The van der Waals surface area contributed by atoms with Crippen molar-refractivity contribution in [1.82, 2.24) is 14.9 Å². The van der Waals surface area contributed by atoms with Crippen LogP contribution in [0.15, 0.2) is 35.1 Å². The van der Waals surface area contributed by atoms with E-state index in [1.165, 1.54) is 29.7 Å². The van der Waals surface area contributed by atoms with Crippen LogP contribution in [-0.4, -0.2) is 45.3 Å². The number of aliphatic hydroxyl groups excluding tert-OH is 1. The number of aliphatic hydroxyl groups is 1. The maximum atomic E-state index is 12.9. The molecular formula is C25H31N3O3S. The number of aromatic nitrogens is 2. The molecule has 5 rings (SSSR count). The van der Waals surface area contributed by atoms with Gasteiger partial charge >= 0.3 is 0 Å². The van der Waals surface area contributed by atoms with E-state index < -0.39 is 6.10 Å². The molecule has 2 heterocycles. The first-order valence-corrected chi connectivity index (χ1v) is 12.6. The molecule has 32 heavy (non-hydrogen) atoms. The van der Waals surface area contributed by atoms with Gasteiger partial charge in [-0.05, 0) is 49.8 Å². The number of fused-ring (bicyclic) bond motifs is 3. The molecule has 0 aliphatic heterocycles. The quantitative estimate of drug-likeness (QED) is 0.538. The Labute approximate surface area is 192 Å². The van der Waals surface area contributed by atoms with Crippen LogP contribution < -0.4 is 10.3 Å². The minimum absolute atomic E-state index is 0.0130. The van der Waals surface area contributed by atoms with Gasteiger partial charge in [0.15, 0.2) is 0 Å². The number of rotatable bonds is 8. The van der Waals surface area contributed by atoms with Crippen LogP contribution in [0.1, 0.15) is 54.8 Å². The molecule has 2 N–H and O–H groups in total. The van der Waals surface area contributed by atoms with Crippen molar-refractivity contribution in [3.05, 3.63) is 57.0 Å². The Balaban J connectivity index is 1.32. The summed E-state index contributed by atoms with van der Waals surface area (Å²) in [6.07, 6.45) is 8.49.